The van der Waals surface area contributed by atoms with Crippen molar-refractivity contribution in [1.29, 1.82) is 0 Å². The topological polar surface area (TPSA) is 44.8 Å². The molecule has 0 saturated heterocycles. The number of methoxy groups -OCH3 is 2. The second-order valence-corrected chi connectivity index (χ2v) is 3.91. The second kappa shape index (κ2) is 7.71. The van der Waals surface area contributed by atoms with Gasteiger partial charge in [-0.3, -0.25) is 0 Å². The minimum Gasteiger partial charge on any atom is -0.493 e. The molecule has 0 bridgehead atoms. The van der Waals surface area contributed by atoms with E-state index in [1.54, 1.807) is 13.2 Å². The Morgan fingerprint density at radius 3 is 2.56 bits per heavy atom. The highest BCUT2D eigenvalue weighted by Crippen LogP contribution is 2.18. The fourth-order valence-corrected chi connectivity index (χ4v) is 1.58. The summed E-state index contributed by atoms with van der Waals surface area (Å²) in [7, 11) is 3.03. The minimum absolute atomic E-state index is 0.341. The van der Waals surface area contributed by atoms with Crippen LogP contribution in [0, 0.1) is 0 Å². The van der Waals surface area contributed by atoms with Gasteiger partial charge in [0.2, 0.25) is 0 Å². The Labute approximate surface area is 108 Å². The zero-order valence-electron chi connectivity index (χ0n) is 11.2. The molecule has 1 rings (SSSR count). The first-order valence-electron chi connectivity index (χ1n) is 6.05. The third-order valence-corrected chi connectivity index (χ3v) is 2.56. The Balaban J connectivity index is 2.74. The molecule has 4 nitrogen and oxygen atoms in total. The summed E-state index contributed by atoms with van der Waals surface area (Å²) >= 11 is 0. The van der Waals surface area contributed by atoms with Gasteiger partial charge in [-0.05, 0) is 30.2 Å². The number of benzene rings is 1. The van der Waals surface area contributed by atoms with Crippen LogP contribution in [0.3, 0.4) is 0 Å². The summed E-state index contributed by atoms with van der Waals surface area (Å²) in [5.74, 6) is 0.359. The smallest absolute Gasteiger partial charge is 0.337 e. The summed E-state index contributed by atoms with van der Waals surface area (Å²) in [5.41, 5.74) is 1.58. The molecule has 4 heteroatoms. The molecule has 18 heavy (non-hydrogen) atoms. The molecule has 0 radical (unpaired) electrons. The second-order valence-electron chi connectivity index (χ2n) is 3.91. The average Bonchev–Trinajstić information content (AvgIpc) is 2.42. The summed E-state index contributed by atoms with van der Waals surface area (Å²) in [5, 5.41) is 0. The number of carbonyl (C=O) groups excluding carboxylic acids is 1. The number of esters is 1. The van der Waals surface area contributed by atoms with E-state index < -0.39 is 0 Å². The molecule has 0 saturated carbocycles. The fourth-order valence-electron chi connectivity index (χ4n) is 1.58. The lowest BCUT2D eigenvalue weighted by Gasteiger charge is -2.09. The number of aryl methyl sites for hydroxylation is 1. The summed E-state index contributed by atoms with van der Waals surface area (Å²) in [4.78, 5) is 11.5. The predicted molar refractivity (Wildman–Crippen MR) is 69.1 cm³/mol. The largest absolute Gasteiger partial charge is 0.493 e. The lowest BCUT2D eigenvalue weighted by molar-refractivity contribution is 0.0600. The van der Waals surface area contributed by atoms with Crippen LogP contribution in [-0.4, -0.2) is 33.4 Å². The molecular formula is C14H20O4. The van der Waals surface area contributed by atoms with E-state index in [0.29, 0.717) is 24.5 Å². The Kier molecular flexibility index (Phi) is 6.22. The molecule has 0 N–H and O–H groups in total. The van der Waals surface area contributed by atoms with Crippen LogP contribution in [-0.2, 0) is 15.9 Å². The van der Waals surface area contributed by atoms with Crippen molar-refractivity contribution in [2.45, 2.75) is 19.8 Å². The van der Waals surface area contributed by atoms with E-state index in [1.807, 2.05) is 19.1 Å². The average molecular weight is 252 g/mol. The van der Waals surface area contributed by atoms with Crippen molar-refractivity contribution in [3.05, 3.63) is 29.3 Å². The van der Waals surface area contributed by atoms with Crippen LogP contribution in [0.2, 0.25) is 0 Å². The van der Waals surface area contributed by atoms with Crippen LogP contribution in [0.4, 0.5) is 0 Å². The number of rotatable bonds is 7. The maximum absolute atomic E-state index is 11.5. The molecule has 0 amide bonds. The predicted octanol–water partition coefficient (Wildman–Crippen LogP) is 2.45. The Bertz CT molecular complexity index is 387. The highest BCUT2D eigenvalue weighted by molar-refractivity contribution is 5.90. The van der Waals surface area contributed by atoms with Crippen molar-refractivity contribution in [3.63, 3.8) is 0 Å². The molecule has 0 spiro atoms. The van der Waals surface area contributed by atoms with Gasteiger partial charge in [0.25, 0.3) is 0 Å². The van der Waals surface area contributed by atoms with Crippen molar-refractivity contribution in [3.8, 4) is 5.75 Å². The maximum Gasteiger partial charge on any atom is 0.337 e. The fraction of sp³-hybridized carbons (Fsp3) is 0.500. The number of hydrogen-bond acceptors (Lipinski definition) is 4. The van der Waals surface area contributed by atoms with Crippen molar-refractivity contribution in [2.24, 2.45) is 0 Å². The molecule has 1 aromatic rings. The zero-order chi connectivity index (χ0) is 13.4. The van der Waals surface area contributed by atoms with E-state index in [1.165, 1.54) is 7.11 Å². The summed E-state index contributed by atoms with van der Waals surface area (Å²) < 4.78 is 15.3. The Morgan fingerprint density at radius 1 is 1.17 bits per heavy atom. The lowest BCUT2D eigenvalue weighted by atomic mass is 10.1. The van der Waals surface area contributed by atoms with Gasteiger partial charge in [-0.25, -0.2) is 4.79 Å². The first-order chi connectivity index (χ1) is 8.71. The van der Waals surface area contributed by atoms with Gasteiger partial charge < -0.3 is 14.2 Å². The maximum atomic E-state index is 11.5. The highest BCUT2D eigenvalue weighted by Gasteiger charge is 2.09. The van der Waals surface area contributed by atoms with Crippen molar-refractivity contribution < 1.29 is 19.0 Å². The summed E-state index contributed by atoms with van der Waals surface area (Å²) in [6.45, 7) is 3.27. The SMILES string of the molecule is CCc1cc(OCCCOC)cc(C(=O)OC)c1. The van der Waals surface area contributed by atoms with Gasteiger partial charge in [0.1, 0.15) is 5.75 Å². The molecule has 0 aliphatic carbocycles. The molecule has 0 atom stereocenters. The van der Waals surface area contributed by atoms with Gasteiger partial charge in [-0.2, -0.15) is 0 Å². The monoisotopic (exact) mass is 252 g/mol. The third kappa shape index (κ3) is 4.37. The van der Waals surface area contributed by atoms with Crippen molar-refractivity contribution in [2.75, 3.05) is 27.4 Å². The standard InChI is InChI=1S/C14H20O4/c1-4-11-8-12(14(15)17-3)10-13(9-11)18-7-5-6-16-2/h8-10H,4-7H2,1-3H3. The molecular weight excluding hydrogens is 232 g/mol. The van der Waals surface area contributed by atoms with E-state index in [0.717, 1.165) is 18.4 Å². The van der Waals surface area contributed by atoms with Crippen LogP contribution in [0.25, 0.3) is 0 Å². The van der Waals surface area contributed by atoms with Crippen molar-refractivity contribution in [1.82, 2.24) is 0 Å². The van der Waals surface area contributed by atoms with Gasteiger partial charge in [0.15, 0.2) is 0 Å². The van der Waals surface area contributed by atoms with E-state index in [-0.39, 0.29) is 5.97 Å². The van der Waals surface area contributed by atoms with Gasteiger partial charge in [-0.1, -0.05) is 6.92 Å². The first-order valence-corrected chi connectivity index (χ1v) is 6.05. The van der Waals surface area contributed by atoms with Gasteiger partial charge in [0.05, 0.1) is 19.3 Å². The minimum atomic E-state index is -0.341. The number of ether oxygens (including phenoxy) is 3. The van der Waals surface area contributed by atoms with E-state index >= 15 is 0 Å². The van der Waals surface area contributed by atoms with Gasteiger partial charge in [0, 0.05) is 20.1 Å². The van der Waals surface area contributed by atoms with Crippen LogP contribution < -0.4 is 4.74 Å². The third-order valence-electron chi connectivity index (χ3n) is 2.56. The Morgan fingerprint density at radius 2 is 1.94 bits per heavy atom. The normalized spacial score (nSPS) is 10.2. The van der Waals surface area contributed by atoms with E-state index in [9.17, 15) is 4.79 Å². The van der Waals surface area contributed by atoms with E-state index in [2.05, 4.69) is 0 Å². The molecule has 1 aromatic carbocycles. The molecule has 0 heterocycles. The molecule has 0 fully saturated rings. The quantitative estimate of drug-likeness (QED) is 0.552. The van der Waals surface area contributed by atoms with Gasteiger partial charge in [-0.15, -0.1) is 0 Å². The highest BCUT2D eigenvalue weighted by atomic mass is 16.5. The van der Waals surface area contributed by atoms with Crippen LogP contribution >= 0.6 is 0 Å². The molecule has 0 aliphatic rings. The van der Waals surface area contributed by atoms with Crippen LogP contribution in [0.15, 0.2) is 18.2 Å². The van der Waals surface area contributed by atoms with E-state index in [4.69, 9.17) is 14.2 Å². The zero-order valence-corrected chi connectivity index (χ0v) is 11.2. The van der Waals surface area contributed by atoms with Crippen LogP contribution in [0.1, 0.15) is 29.3 Å². The number of hydrogen-bond donors (Lipinski definition) is 0. The molecule has 0 aromatic heterocycles. The lowest BCUT2D eigenvalue weighted by Crippen LogP contribution is -2.05. The van der Waals surface area contributed by atoms with Crippen LogP contribution in [0.5, 0.6) is 5.75 Å². The summed E-state index contributed by atoms with van der Waals surface area (Å²) in [6, 6.07) is 5.48. The Hall–Kier alpha value is -1.55. The number of carbonyl (C=O) groups is 1. The molecule has 0 aliphatic heterocycles. The summed E-state index contributed by atoms with van der Waals surface area (Å²) in [6.07, 6.45) is 1.67. The van der Waals surface area contributed by atoms with Gasteiger partial charge >= 0.3 is 5.97 Å². The first kappa shape index (κ1) is 14.5. The van der Waals surface area contributed by atoms with Crippen molar-refractivity contribution >= 4 is 5.97 Å². The molecule has 100 valence electrons. The molecule has 0 unspecified atom stereocenters.